The first-order valence-corrected chi connectivity index (χ1v) is 18.1. The molecule has 4 aromatic carbocycles. The van der Waals surface area contributed by atoms with Crippen molar-refractivity contribution in [3.05, 3.63) is 234 Å². The van der Waals surface area contributed by atoms with E-state index >= 15 is 0 Å². The maximum Gasteiger partial charge on any atom is 0.336 e. The summed E-state index contributed by atoms with van der Waals surface area (Å²) in [7, 11) is 0. The summed E-state index contributed by atoms with van der Waals surface area (Å²) in [6.45, 7) is 6.29. The van der Waals surface area contributed by atoms with Gasteiger partial charge in [-0.15, -0.1) is 0 Å². The fourth-order valence-corrected chi connectivity index (χ4v) is 7.60. The number of H-pyrrole nitrogens is 4. The number of aromatic nitrogens is 4. The van der Waals surface area contributed by atoms with Gasteiger partial charge in [0, 0.05) is 72.0 Å². The molecule has 5 heterocycles. The van der Waals surface area contributed by atoms with E-state index < -0.39 is 5.97 Å². The van der Waals surface area contributed by atoms with Crippen LogP contribution in [0.4, 0.5) is 0 Å². The van der Waals surface area contributed by atoms with Crippen LogP contribution in [-0.2, 0) is 0 Å². The number of hydrogen-bond donors (Lipinski definition) is 5. The quantitative estimate of drug-likeness (QED) is 0.135. The van der Waals surface area contributed by atoms with Crippen molar-refractivity contribution < 1.29 is 9.90 Å². The summed E-state index contributed by atoms with van der Waals surface area (Å²) in [4.78, 5) is 27.8. The lowest BCUT2D eigenvalue weighted by molar-refractivity contribution is 0.0696. The number of aromatic carboxylic acids is 1. The fourth-order valence-electron chi connectivity index (χ4n) is 7.60. The zero-order valence-electron chi connectivity index (χ0n) is 30.2. The molecule has 8 aromatic rings. The van der Waals surface area contributed by atoms with Crippen LogP contribution in [0.5, 0.6) is 0 Å². The molecule has 0 unspecified atom stereocenters. The number of benzene rings is 4. The molecule has 4 aromatic heterocycles. The van der Waals surface area contributed by atoms with E-state index in [-0.39, 0.29) is 5.56 Å². The van der Waals surface area contributed by atoms with Crippen LogP contribution in [0.1, 0.15) is 72.1 Å². The van der Waals surface area contributed by atoms with Gasteiger partial charge in [0.2, 0.25) is 0 Å². The summed E-state index contributed by atoms with van der Waals surface area (Å²) in [5, 5.41) is 14.0. The molecule has 6 nitrogen and oxygen atoms in total. The Labute approximate surface area is 312 Å². The first-order chi connectivity index (χ1) is 26.3. The van der Waals surface area contributed by atoms with Gasteiger partial charge in [-0.05, 0) is 92.1 Å². The minimum Gasteiger partial charge on any atom is -0.478 e. The molecule has 0 atom stereocenters. The van der Waals surface area contributed by atoms with Crippen LogP contribution in [0, 0.1) is 20.8 Å². The molecule has 9 rings (SSSR count). The lowest BCUT2D eigenvalue weighted by atomic mass is 9.97. The largest absolute Gasteiger partial charge is 0.478 e. The monoisotopic (exact) mass is 702 g/mol. The zero-order chi connectivity index (χ0) is 36.9. The van der Waals surface area contributed by atoms with Gasteiger partial charge < -0.3 is 25.0 Å². The van der Waals surface area contributed by atoms with Gasteiger partial charge in [-0.3, -0.25) is 0 Å². The number of carboxylic acids is 1. The van der Waals surface area contributed by atoms with Crippen molar-refractivity contribution in [1.82, 2.24) is 19.9 Å². The van der Waals surface area contributed by atoms with Crippen LogP contribution >= 0.6 is 0 Å². The average Bonchev–Trinajstić information content (AvgIpc) is 4.02. The van der Waals surface area contributed by atoms with Crippen molar-refractivity contribution in [3.8, 4) is 0 Å². The van der Waals surface area contributed by atoms with Crippen LogP contribution in [0.25, 0.3) is 22.3 Å². The van der Waals surface area contributed by atoms with Crippen LogP contribution in [0.3, 0.4) is 0 Å². The van der Waals surface area contributed by atoms with Crippen molar-refractivity contribution in [3.63, 3.8) is 0 Å². The number of fused-ring (bicyclic) bond motifs is 8. The molecule has 0 fully saturated rings. The molecule has 6 heteroatoms. The lowest BCUT2D eigenvalue weighted by Gasteiger charge is -2.11. The zero-order valence-corrected chi connectivity index (χ0v) is 30.2. The van der Waals surface area contributed by atoms with Gasteiger partial charge in [-0.25, -0.2) is 4.79 Å². The number of rotatable bonds is 5. The third kappa shape index (κ3) is 5.84. The Bertz CT molecular complexity index is 2970. The standard InChI is InChI=1S/C48H38N4O2/c1-28-8-14-31(15-9-28)44-36-20-22-38(49-36)45(32-16-10-29(2)11-17-32)40-24-26-42(51-40)47(34-6-4-5-7-35(34)48(53)54)43-27-25-41(52-43)46(39-23-21-37(44)50-39)33-18-12-30(3)13-19-33/h4-27,49-52H,1-3H3,(H,53,54). The van der Waals surface area contributed by atoms with Gasteiger partial charge in [-0.2, -0.15) is 0 Å². The molecule has 0 aliphatic carbocycles. The maximum atomic E-state index is 12.7. The smallest absolute Gasteiger partial charge is 0.336 e. The Morgan fingerprint density at radius 1 is 0.389 bits per heavy atom. The van der Waals surface area contributed by atoms with E-state index in [9.17, 15) is 9.90 Å². The minimum absolute atomic E-state index is 0.224. The highest BCUT2D eigenvalue weighted by molar-refractivity contribution is 5.96. The summed E-state index contributed by atoms with van der Waals surface area (Å²) in [6.07, 6.45) is 0. The third-order valence-corrected chi connectivity index (χ3v) is 10.3. The van der Waals surface area contributed by atoms with Crippen molar-refractivity contribution in [2.24, 2.45) is 0 Å². The van der Waals surface area contributed by atoms with Gasteiger partial charge in [0.15, 0.2) is 0 Å². The highest BCUT2D eigenvalue weighted by Crippen LogP contribution is 2.29. The summed E-state index contributed by atoms with van der Waals surface area (Å²) in [5.74, 6) is -0.985. The Morgan fingerprint density at radius 2 is 0.722 bits per heavy atom. The Kier molecular flexibility index (Phi) is 8.01. The predicted octanol–water partition coefficient (Wildman–Crippen LogP) is 6.93. The average molecular weight is 703 g/mol. The predicted molar refractivity (Wildman–Crippen MR) is 215 cm³/mol. The van der Waals surface area contributed by atoms with Crippen molar-refractivity contribution in [2.75, 3.05) is 0 Å². The van der Waals surface area contributed by atoms with Gasteiger partial charge in [0.05, 0.1) is 5.56 Å². The van der Waals surface area contributed by atoms with E-state index in [0.29, 0.717) is 5.56 Å². The van der Waals surface area contributed by atoms with Crippen molar-refractivity contribution >= 4 is 28.3 Å². The van der Waals surface area contributed by atoms with Crippen LogP contribution in [-0.4, -0.2) is 31.0 Å². The van der Waals surface area contributed by atoms with E-state index in [4.69, 9.17) is 0 Å². The van der Waals surface area contributed by atoms with Crippen LogP contribution < -0.4 is 21.4 Å². The second kappa shape index (κ2) is 13.2. The second-order valence-electron chi connectivity index (χ2n) is 14.1. The van der Waals surface area contributed by atoms with Crippen molar-refractivity contribution in [2.45, 2.75) is 20.8 Å². The van der Waals surface area contributed by atoms with Crippen LogP contribution in [0.15, 0.2) is 146 Å². The topological polar surface area (TPSA) is 100 Å². The summed E-state index contributed by atoms with van der Waals surface area (Å²) < 4.78 is 0. The number of hydrogen-bond acceptors (Lipinski definition) is 1. The number of carboxylic acid groups (broad SMARTS) is 1. The molecule has 262 valence electrons. The molecule has 54 heavy (non-hydrogen) atoms. The van der Waals surface area contributed by atoms with E-state index in [1.54, 1.807) is 12.1 Å². The van der Waals surface area contributed by atoms with E-state index in [2.05, 4.69) is 150 Å². The highest BCUT2D eigenvalue weighted by Gasteiger charge is 2.21. The highest BCUT2D eigenvalue weighted by atomic mass is 16.4. The molecule has 8 bridgehead atoms. The molecule has 0 spiro atoms. The first kappa shape index (κ1) is 32.8. The van der Waals surface area contributed by atoms with Gasteiger partial charge in [0.25, 0.3) is 0 Å². The first-order valence-electron chi connectivity index (χ1n) is 18.1. The van der Waals surface area contributed by atoms with Gasteiger partial charge >= 0.3 is 5.97 Å². The molecular formula is C48H38N4O2. The number of aryl methyl sites for hydroxylation is 3. The normalized spacial score (nSPS) is 12.7. The fraction of sp³-hybridized carbons (Fsp3) is 0.0625. The number of nitrogens with one attached hydrogen (secondary N) is 4. The van der Waals surface area contributed by atoms with E-state index in [1.807, 2.05) is 24.3 Å². The Balaban J connectivity index is 1.44. The second-order valence-corrected chi connectivity index (χ2v) is 14.1. The maximum absolute atomic E-state index is 12.7. The SMILES string of the molecule is Cc1ccc(C2=c3ccc([nH]3)=C(c3ccc(C)cc3)c3ccc([nH]3)C(c3ccccc3C(=O)O)=c3ccc([nH]3)=C(c3ccc(C)cc3)c3ccc2[nH]3)cc1. The van der Waals surface area contributed by atoms with Gasteiger partial charge in [0.1, 0.15) is 0 Å². The minimum atomic E-state index is -0.985. The molecule has 0 radical (unpaired) electrons. The van der Waals surface area contributed by atoms with Gasteiger partial charge in [-0.1, -0.05) is 108 Å². The van der Waals surface area contributed by atoms with Crippen LogP contribution in [0.2, 0.25) is 0 Å². The molecule has 5 N–H and O–H groups in total. The summed E-state index contributed by atoms with van der Waals surface area (Å²) in [6, 6.07) is 49.8. The van der Waals surface area contributed by atoms with Crippen molar-refractivity contribution in [1.29, 1.82) is 0 Å². The lowest BCUT2D eigenvalue weighted by Crippen LogP contribution is -2.19. The Hall–Kier alpha value is -7.05. The molecule has 0 saturated heterocycles. The third-order valence-electron chi connectivity index (χ3n) is 10.3. The number of aromatic amines is 4. The van der Waals surface area contributed by atoms with E-state index in [0.717, 1.165) is 83.2 Å². The summed E-state index contributed by atoms with van der Waals surface area (Å²) >= 11 is 0. The van der Waals surface area contributed by atoms with E-state index in [1.165, 1.54) is 16.7 Å². The molecule has 0 amide bonds. The Morgan fingerprint density at radius 3 is 1.09 bits per heavy atom. The summed E-state index contributed by atoms with van der Waals surface area (Å²) in [5.41, 5.74) is 15.0. The number of carbonyl (C=O) groups is 1. The molecule has 1 aliphatic heterocycles. The molecule has 0 saturated carbocycles. The molecule has 1 aliphatic rings. The molecular weight excluding hydrogens is 665 g/mol.